The van der Waals surface area contributed by atoms with E-state index in [4.69, 9.17) is 15.2 Å². The molecular weight excluding hydrogens is 385 g/mol. The second-order valence-electron chi connectivity index (χ2n) is 6.18. The normalized spacial score (nSPS) is 11.1. The predicted octanol–water partition coefficient (Wildman–Crippen LogP) is 4.20. The van der Waals surface area contributed by atoms with E-state index in [2.05, 4.69) is 15.0 Å². The van der Waals surface area contributed by atoms with Gasteiger partial charge in [-0.3, -0.25) is 4.98 Å². The summed E-state index contributed by atoms with van der Waals surface area (Å²) < 4.78 is 50.7. The Balaban J connectivity index is 2.25. The standard InChI is InChI=1S/C20H19F3N4O2/c1-11-9-13(10-15(25-11)18(22)23)16-17(12-3-5-14(21)6-4-12)26-20(24)27-19(16)29-8-7-28-2/h3-6,9-10,18H,7-8H2,1-2H3,(H2,24,26,27). The molecule has 0 spiro atoms. The summed E-state index contributed by atoms with van der Waals surface area (Å²) in [5.41, 5.74) is 7.45. The van der Waals surface area contributed by atoms with Gasteiger partial charge >= 0.3 is 0 Å². The van der Waals surface area contributed by atoms with E-state index in [0.29, 0.717) is 28.1 Å². The van der Waals surface area contributed by atoms with Crippen LogP contribution >= 0.6 is 0 Å². The number of nitrogens with two attached hydrogens (primary N) is 1. The van der Waals surface area contributed by atoms with Crippen LogP contribution in [0.2, 0.25) is 0 Å². The van der Waals surface area contributed by atoms with E-state index < -0.39 is 12.2 Å². The Hall–Kier alpha value is -3.20. The molecule has 0 radical (unpaired) electrons. The van der Waals surface area contributed by atoms with E-state index in [0.717, 1.165) is 0 Å². The number of hydrogen-bond donors (Lipinski definition) is 1. The van der Waals surface area contributed by atoms with Crippen LogP contribution < -0.4 is 10.5 Å². The second-order valence-corrected chi connectivity index (χ2v) is 6.18. The third-order valence-corrected chi connectivity index (χ3v) is 4.02. The fourth-order valence-corrected chi connectivity index (χ4v) is 2.81. The first-order chi connectivity index (χ1) is 13.9. The van der Waals surface area contributed by atoms with Crippen molar-refractivity contribution in [1.82, 2.24) is 15.0 Å². The lowest BCUT2D eigenvalue weighted by Crippen LogP contribution is -2.10. The summed E-state index contributed by atoms with van der Waals surface area (Å²) in [4.78, 5) is 12.3. The number of benzene rings is 1. The first-order valence-electron chi connectivity index (χ1n) is 8.71. The summed E-state index contributed by atoms with van der Waals surface area (Å²) in [5, 5.41) is 0. The Kier molecular flexibility index (Phi) is 6.28. The molecule has 1 aromatic carbocycles. The van der Waals surface area contributed by atoms with Crippen LogP contribution in [0.5, 0.6) is 5.88 Å². The average Bonchev–Trinajstić information content (AvgIpc) is 2.67. The quantitative estimate of drug-likeness (QED) is 0.595. The van der Waals surface area contributed by atoms with E-state index in [9.17, 15) is 13.2 Å². The molecule has 29 heavy (non-hydrogen) atoms. The van der Waals surface area contributed by atoms with E-state index >= 15 is 0 Å². The van der Waals surface area contributed by atoms with Crippen LogP contribution in [0, 0.1) is 12.7 Å². The van der Waals surface area contributed by atoms with Crippen molar-refractivity contribution in [2.45, 2.75) is 13.3 Å². The topological polar surface area (TPSA) is 83.2 Å². The van der Waals surface area contributed by atoms with Crippen LogP contribution in [0.4, 0.5) is 19.1 Å². The van der Waals surface area contributed by atoms with Gasteiger partial charge in [-0.2, -0.15) is 4.98 Å². The molecule has 2 aromatic heterocycles. The van der Waals surface area contributed by atoms with Gasteiger partial charge in [0.15, 0.2) is 0 Å². The zero-order valence-electron chi connectivity index (χ0n) is 15.8. The van der Waals surface area contributed by atoms with Crippen molar-refractivity contribution in [2.75, 3.05) is 26.1 Å². The Bertz CT molecular complexity index is 998. The van der Waals surface area contributed by atoms with Crippen molar-refractivity contribution in [3.8, 4) is 28.3 Å². The summed E-state index contributed by atoms with van der Waals surface area (Å²) in [6.07, 6.45) is -2.75. The number of nitrogens with zero attached hydrogens (tertiary/aromatic N) is 3. The van der Waals surface area contributed by atoms with Crippen molar-refractivity contribution in [3.63, 3.8) is 0 Å². The molecule has 0 saturated carbocycles. The molecule has 152 valence electrons. The van der Waals surface area contributed by atoms with E-state index in [1.54, 1.807) is 13.0 Å². The molecule has 0 aliphatic carbocycles. The van der Waals surface area contributed by atoms with E-state index in [1.165, 1.54) is 37.4 Å². The number of aryl methyl sites for hydroxylation is 1. The number of halogens is 3. The zero-order chi connectivity index (χ0) is 21.0. The summed E-state index contributed by atoms with van der Waals surface area (Å²) >= 11 is 0. The molecule has 3 aromatic rings. The fraction of sp³-hybridized carbons (Fsp3) is 0.250. The van der Waals surface area contributed by atoms with Crippen molar-refractivity contribution in [3.05, 3.63) is 53.6 Å². The number of ether oxygens (including phenoxy) is 2. The number of aromatic nitrogens is 3. The minimum atomic E-state index is -2.75. The smallest absolute Gasteiger partial charge is 0.280 e. The fourth-order valence-electron chi connectivity index (χ4n) is 2.81. The molecular formula is C20H19F3N4O2. The maximum atomic E-state index is 13.4. The Labute approximate surface area is 165 Å². The number of anilines is 1. The highest BCUT2D eigenvalue weighted by molar-refractivity contribution is 5.85. The van der Waals surface area contributed by atoms with Crippen molar-refractivity contribution >= 4 is 5.95 Å². The summed E-state index contributed by atoms with van der Waals surface area (Å²) in [7, 11) is 1.52. The SMILES string of the molecule is COCCOc1nc(N)nc(-c2ccc(F)cc2)c1-c1cc(C)nc(C(F)F)c1. The van der Waals surface area contributed by atoms with Gasteiger partial charge in [-0.05, 0) is 48.9 Å². The average molecular weight is 404 g/mol. The Morgan fingerprint density at radius 2 is 1.72 bits per heavy atom. The summed E-state index contributed by atoms with van der Waals surface area (Å²) in [6, 6.07) is 8.44. The molecule has 0 unspecified atom stereocenters. The molecule has 0 atom stereocenters. The summed E-state index contributed by atoms with van der Waals surface area (Å²) in [6.45, 7) is 2.05. The number of alkyl halides is 2. The zero-order valence-corrected chi connectivity index (χ0v) is 15.8. The van der Waals surface area contributed by atoms with Gasteiger partial charge in [0.1, 0.15) is 18.1 Å². The molecule has 0 bridgehead atoms. The van der Waals surface area contributed by atoms with Crippen LogP contribution in [0.25, 0.3) is 22.4 Å². The number of hydrogen-bond acceptors (Lipinski definition) is 6. The van der Waals surface area contributed by atoms with Crippen LogP contribution in [-0.2, 0) is 4.74 Å². The van der Waals surface area contributed by atoms with Crippen molar-refractivity contribution in [1.29, 1.82) is 0 Å². The minimum Gasteiger partial charge on any atom is -0.475 e. The molecule has 0 aliphatic rings. The Morgan fingerprint density at radius 3 is 2.38 bits per heavy atom. The number of methoxy groups -OCH3 is 1. The van der Waals surface area contributed by atoms with Crippen LogP contribution in [0.1, 0.15) is 17.8 Å². The lowest BCUT2D eigenvalue weighted by molar-refractivity contribution is 0.144. The molecule has 2 N–H and O–H groups in total. The number of pyridine rings is 1. The predicted molar refractivity (Wildman–Crippen MR) is 102 cm³/mol. The van der Waals surface area contributed by atoms with Gasteiger partial charge in [-0.15, -0.1) is 0 Å². The first-order valence-corrected chi connectivity index (χ1v) is 8.71. The molecule has 9 heteroatoms. The minimum absolute atomic E-state index is 0.0691. The van der Waals surface area contributed by atoms with Crippen molar-refractivity contribution < 1.29 is 22.6 Å². The highest BCUT2D eigenvalue weighted by Gasteiger charge is 2.21. The van der Waals surface area contributed by atoms with Crippen LogP contribution in [-0.4, -0.2) is 35.3 Å². The van der Waals surface area contributed by atoms with Gasteiger partial charge in [0, 0.05) is 18.4 Å². The van der Waals surface area contributed by atoms with E-state index in [-0.39, 0.29) is 30.7 Å². The van der Waals surface area contributed by atoms with Gasteiger partial charge < -0.3 is 15.2 Å². The highest BCUT2D eigenvalue weighted by atomic mass is 19.3. The van der Waals surface area contributed by atoms with Gasteiger partial charge in [-0.25, -0.2) is 18.2 Å². The lowest BCUT2D eigenvalue weighted by Gasteiger charge is -2.16. The second kappa shape index (κ2) is 8.87. The maximum absolute atomic E-state index is 13.4. The lowest BCUT2D eigenvalue weighted by atomic mass is 9.99. The summed E-state index contributed by atoms with van der Waals surface area (Å²) in [5.74, 6) is -0.381. The van der Waals surface area contributed by atoms with E-state index in [1.807, 2.05) is 0 Å². The molecule has 6 nitrogen and oxygen atoms in total. The van der Waals surface area contributed by atoms with Crippen LogP contribution in [0.3, 0.4) is 0 Å². The number of rotatable bonds is 7. The van der Waals surface area contributed by atoms with Crippen LogP contribution in [0.15, 0.2) is 36.4 Å². The largest absolute Gasteiger partial charge is 0.475 e. The third-order valence-electron chi connectivity index (χ3n) is 4.02. The van der Waals surface area contributed by atoms with Gasteiger partial charge in [0.05, 0.1) is 17.9 Å². The first kappa shape index (κ1) is 20.5. The molecule has 0 amide bonds. The molecule has 0 fully saturated rings. The van der Waals surface area contributed by atoms with Gasteiger partial charge in [0.2, 0.25) is 11.8 Å². The third kappa shape index (κ3) is 4.80. The monoisotopic (exact) mass is 404 g/mol. The highest BCUT2D eigenvalue weighted by Crippen LogP contribution is 2.39. The maximum Gasteiger partial charge on any atom is 0.280 e. The molecule has 0 saturated heterocycles. The number of nitrogen functional groups attached to an aromatic ring is 1. The Morgan fingerprint density at radius 1 is 1.00 bits per heavy atom. The van der Waals surface area contributed by atoms with Gasteiger partial charge in [0.25, 0.3) is 6.43 Å². The van der Waals surface area contributed by atoms with Crippen molar-refractivity contribution in [2.24, 2.45) is 0 Å². The molecule has 3 rings (SSSR count). The van der Waals surface area contributed by atoms with Gasteiger partial charge in [-0.1, -0.05) is 0 Å². The molecule has 0 aliphatic heterocycles. The molecule has 2 heterocycles.